The van der Waals surface area contributed by atoms with Crippen LogP contribution in [0.1, 0.15) is 38.7 Å². The number of carboxylic acids is 1. The number of para-hydroxylation sites is 1. The van der Waals surface area contributed by atoms with E-state index < -0.39 is 5.97 Å². The zero-order chi connectivity index (χ0) is 16.9. The first-order valence-corrected chi connectivity index (χ1v) is 7.79. The number of nitrogens with one attached hydrogen (secondary N) is 1. The Bertz CT molecular complexity index is 582. The lowest BCUT2D eigenvalue weighted by atomic mass is 10.0. The van der Waals surface area contributed by atoms with Crippen molar-refractivity contribution in [1.29, 1.82) is 0 Å². The van der Waals surface area contributed by atoms with E-state index in [1.54, 1.807) is 6.07 Å². The van der Waals surface area contributed by atoms with Crippen molar-refractivity contribution in [2.75, 3.05) is 13.2 Å². The van der Waals surface area contributed by atoms with Gasteiger partial charge in [-0.1, -0.05) is 12.1 Å². The second kappa shape index (κ2) is 7.35. The van der Waals surface area contributed by atoms with Gasteiger partial charge in [0.1, 0.15) is 5.60 Å². The van der Waals surface area contributed by atoms with Crippen molar-refractivity contribution in [3.8, 4) is 11.5 Å². The summed E-state index contributed by atoms with van der Waals surface area (Å²) in [6.07, 6.45) is 2.12. The van der Waals surface area contributed by atoms with Gasteiger partial charge in [-0.2, -0.15) is 0 Å². The summed E-state index contributed by atoms with van der Waals surface area (Å²) < 4.78 is 11.4. The highest BCUT2D eigenvalue weighted by molar-refractivity contribution is 5.77. The van der Waals surface area contributed by atoms with Gasteiger partial charge in [-0.25, -0.2) is 0 Å². The number of benzene rings is 1. The molecular weight excluding hydrogens is 298 g/mol. The standard InChI is InChI=1S/C17H23NO5/c1-17(2)10-12-6-5-7-13(16(12)23-17)22-11-14(19)18-9-4-3-8-15(20)21/h5-7H,3-4,8-11H2,1-2H3,(H,18,19)(H,20,21). The van der Waals surface area contributed by atoms with Crippen LogP contribution in [0.25, 0.3) is 0 Å². The van der Waals surface area contributed by atoms with Crippen LogP contribution in [0.5, 0.6) is 11.5 Å². The third kappa shape index (κ3) is 5.16. The largest absolute Gasteiger partial charge is 0.483 e. The fourth-order valence-electron chi connectivity index (χ4n) is 2.52. The predicted molar refractivity (Wildman–Crippen MR) is 84.8 cm³/mol. The molecule has 1 aliphatic rings. The Morgan fingerprint density at radius 3 is 2.87 bits per heavy atom. The summed E-state index contributed by atoms with van der Waals surface area (Å²) in [7, 11) is 0. The van der Waals surface area contributed by atoms with E-state index in [4.69, 9.17) is 14.6 Å². The number of hydrogen-bond acceptors (Lipinski definition) is 4. The maximum absolute atomic E-state index is 11.7. The van der Waals surface area contributed by atoms with Crippen LogP contribution in [-0.4, -0.2) is 35.7 Å². The molecule has 6 nitrogen and oxygen atoms in total. The molecule has 0 aromatic heterocycles. The third-order valence-corrected chi connectivity index (χ3v) is 3.55. The highest BCUT2D eigenvalue weighted by Gasteiger charge is 2.32. The van der Waals surface area contributed by atoms with E-state index in [9.17, 15) is 9.59 Å². The quantitative estimate of drug-likeness (QED) is 0.717. The van der Waals surface area contributed by atoms with Gasteiger partial charge in [0.05, 0.1) is 0 Å². The minimum Gasteiger partial charge on any atom is -0.483 e. The van der Waals surface area contributed by atoms with Gasteiger partial charge < -0.3 is 19.9 Å². The number of unbranched alkanes of at least 4 members (excludes halogenated alkanes) is 1. The molecule has 1 aromatic rings. The SMILES string of the molecule is CC1(C)Cc2cccc(OCC(=O)NCCCCC(=O)O)c2O1. The highest BCUT2D eigenvalue weighted by Crippen LogP contribution is 2.41. The molecule has 0 fully saturated rings. The van der Waals surface area contributed by atoms with Crippen LogP contribution < -0.4 is 14.8 Å². The van der Waals surface area contributed by atoms with E-state index in [0.29, 0.717) is 30.9 Å². The molecule has 0 saturated carbocycles. The van der Waals surface area contributed by atoms with Crippen LogP contribution in [0.4, 0.5) is 0 Å². The molecule has 1 heterocycles. The summed E-state index contributed by atoms with van der Waals surface area (Å²) in [5.74, 6) is 0.247. The first kappa shape index (κ1) is 17.1. The minimum atomic E-state index is -0.819. The summed E-state index contributed by atoms with van der Waals surface area (Å²) in [4.78, 5) is 22.1. The Hall–Kier alpha value is -2.24. The fraction of sp³-hybridized carbons (Fsp3) is 0.529. The van der Waals surface area contributed by atoms with E-state index in [0.717, 1.165) is 12.0 Å². The fourth-order valence-corrected chi connectivity index (χ4v) is 2.52. The molecule has 0 radical (unpaired) electrons. The molecule has 1 aliphatic heterocycles. The Labute approximate surface area is 135 Å². The van der Waals surface area contributed by atoms with Crippen LogP contribution in [0, 0.1) is 0 Å². The second-order valence-corrected chi connectivity index (χ2v) is 6.27. The van der Waals surface area contributed by atoms with Crippen molar-refractivity contribution in [2.45, 2.75) is 45.1 Å². The molecular formula is C17H23NO5. The van der Waals surface area contributed by atoms with Gasteiger partial charge in [0.15, 0.2) is 18.1 Å². The number of carbonyl (C=O) groups excluding carboxylic acids is 1. The minimum absolute atomic E-state index is 0.0842. The predicted octanol–water partition coefficient (Wildman–Crippen LogP) is 2.15. The smallest absolute Gasteiger partial charge is 0.303 e. The first-order valence-electron chi connectivity index (χ1n) is 7.79. The molecule has 126 valence electrons. The van der Waals surface area contributed by atoms with E-state index in [-0.39, 0.29) is 24.5 Å². The average molecular weight is 321 g/mol. The maximum Gasteiger partial charge on any atom is 0.303 e. The molecule has 1 amide bonds. The summed E-state index contributed by atoms with van der Waals surface area (Å²) in [5, 5.41) is 11.2. The number of hydrogen-bond donors (Lipinski definition) is 2. The molecule has 23 heavy (non-hydrogen) atoms. The molecule has 0 atom stereocenters. The third-order valence-electron chi connectivity index (χ3n) is 3.55. The van der Waals surface area contributed by atoms with E-state index >= 15 is 0 Å². The van der Waals surface area contributed by atoms with Gasteiger partial charge in [0.25, 0.3) is 5.91 Å². The monoisotopic (exact) mass is 321 g/mol. The van der Waals surface area contributed by atoms with Gasteiger partial charge in [-0.15, -0.1) is 0 Å². The molecule has 0 bridgehead atoms. The van der Waals surface area contributed by atoms with Crippen molar-refractivity contribution in [1.82, 2.24) is 5.32 Å². The zero-order valence-electron chi connectivity index (χ0n) is 13.6. The summed E-state index contributed by atoms with van der Waals surface area (Å²) in [6, 6.07) is 5.68. The van der Waals surface area contributed by atoms with Crippen LogP contribution >= 0.6 is 0 Å². The van der Waals surface area contributed by atoms with E-state index in [1.165, 1.54) is 0 Å². The molecule has 2 rings (SSSR count). The molecule has 0 unspecified atom stereocenters. The first-order chi connectivity index (χ1) is 10.9. The van der Waals surface area contributed by atoms with Crippen molar-refractivity contribution >= 4 is 11.9 Å². The number of carboxylic acid groups (broad SMARTS) is 1. The van der Waals surface area contributed by atoms with Crippen molar-refractivity contribution in [3.05, 3.63) is 23.8 Å². The van der Waals surface area contributed by atoms with Gasteiger partial charge in [-0.05, 0) is 32.8 Å². The molecule has 0 aliphatic carbocycles. The Morgan fingerprint density at radius 1 is 1.35 bits per heavy atom. The number of aliphatic carboxylic acids is 1. The van der Waals surface area contributed by atoms with Gasteiger partial charge in [0, 0.05) is 24.9 Å². The summed E-state index contributed by atoms with van der Waals surface area (Å²) >= 11 is 0. The Kier molecular flexibility index (Phi) is 5.47. The van der Waals surface area contributed by atoms with Gasteiger partial charge in [-0.3, -0.25) is 9.59 Å². The molecule has 0 spiro atoms. The number of rotatable bonds is 8. The molecule has 6 heteroatoms. The maximum atomic E-state index is 11.7. The Morgan fingerprint density at radius 2 is 2.13 bits per heavy atom. The number of fused-ring (bicyclic) bond motifs is 1. The lowest BCUT2D eigenvalue weighted by Gasteiger charge is -2.18. The summed E-state index contributed by atoms with van der Waals surface area (Å²) in [5.41, 5.74) is 0.829. The van der Waals surface area contributed by atoms with Crippen molar-refractivity contribution in [2.24, 2.45) is 0 Å². The highest BCUT2D eigenvalue weighted by atomic mass is 16.5. The lowest BCUT2D eigenvalue weighted by Crippen LogP contribution is -2.30. The number of ether oxygens (including phenoxy) is 2. The van der Waals surface area contributed by atoms with Gasteiger partial charge in [0.2, 0.25) is 0 Å². The average Bonchev–Trinajstić information content (AvgIpc) is 2.78. The van der Waals surface area contributed by atoms with Crippen molar-refractivity contribution in [3.63, 3.8) is 0 Å². The summed E-state index contributed by atoms with van der Waals surface area (Å²) in [6.45, 7) is 4.40. The van der Waals surface area contributed by atoms with Crippen LogP contribution in [-0.2, 0) is 16.0 Å². The molecule has 0 saturated heterocycles. The topological polar surface area (TPSA) is 84.9 Å². The molecule has 2 N–H and O–H groups in total. The second-order valence-electron chi connectivity index (χ2n) is 6.27. The van der Waals surface area contributed by atoms with E-state index in [2.05, 4.69) is 5.32 Å². The number of carbonyl (C=O) groups is 2. The van der Waals surface area contributed by atoms with E-state index in [1.807, 2.05) is 26.0 Å². The van der Waals surface area contributed by atoms with Crippen LogP contribution in [0.2, 0.25) is 0 Å². The number of amides is 1. The zero-order valence-corrected chi connectivity index (χ0v) is 13.6. The lowest BCUT2D eigenvalue weighted by molar-refractivity contribution is -0.137. The molecule has 1 aromatic carbocycles. The van der Waals surface area contributed by atoms with Crippen molar-refractivity contribution < 1.29 is 24.2 Å². The Balaban J connectivity index is 1.76. The normalized spacial score (nSPS) is 14.7. The van der Waals surface area contributed by atoms with Crippen LogP contribution in [0.15, 0.2) is 18.2 Å². The van der Waals surface area contributed by atoms with Crippen LogP contribution in [0.3, 0.4) is 0 Å². The van der Waals surface area contributed by atoms with Gasteiger partial charge >= 0.3 is 5.97 Å².